The molecule has 0 amide bonds. The van der Waals surface area contributed by atoms with Gasteiger partial charge >= 0.3 is 0 Å². The first-order valence-corrected chi connectivity index (χ1v) is 4.57. The van der Waals surface area contributed by atoms with E-state index in [9.17, 15) is 13.2 Å². The van der Waals surface area contributed by atoms with Gasteiger partial charge in [-0.3, -0.25) is 0 Å². The fourth-order valence-corrected chi connectivity index (χ4v) is 1.19. The lowest BCUT2D eigenvalue weighted by Crippen LogP contribution is -2.01. The number of nitrogens with zero attached hydrogens (tertiary/aromatic N) is 2. The van der Waals surface area contributed by atoms with E-state index in [0.717, 1.165) is 6.07 Å². The van der Waals surface area contributed by atoms with Gasteiger partial charge in [0.1, 0.15) is 11.6 Å². The minimum Gasteiger partial charge on any atom is -0.382 e. The van der Waals surface area contributed by atoms with Gasteiger partial charge in [0.05, 0.1) is 5.69 Å². The quantitative estimate of drug-likeness (QED) is 0.790. The van der Waals surface area contributed by atoms with Crippen molar-refractivity contribution in [1.82, 2.24) is 10.2 Å². The third kappa shape index (κ3) is 2.44. The number of nitrogens with two attached hydrogens (primary N) is 1. The van der Waals surface area contributed by atoms with Crippen molar-refractivity contribution < 1.29 is 13.2 Å². The van der Waals surface area contributed by atoms with E-state index < -0.39 is 17.5 Å². The molecular formula is C10H7F3N4. The van der Waals surface area contributed by atoms with Crippen molar-refractivity contribution in [3.8, 4) is 0 Å². The minimum absolute atomic E-state index is 0.128. The lowest BCUT2D eigenvalue weighted by Gasteiger charge is -2.06. The number of nitrogen functional groups attached to an aromatic ring is 1. The molecule has 1 aromatic carbocycles. The molecule has 2 rings (SSSR count). The monoisotopic (exact) mass is 240 g/mol. The molecule has 0 fully saturated rings. The molecule has 2 aromatic rings. The van der Waals surface area contributed by atoms with Gasteiger partial charge in [-0.05, 0) is 12.1 Å². The molecule has 1 aromatic heterocycles. The maximum atomic E-state index is 13.3. The standard InChI is InChI=1S/C10H7F3N4/c11-5-3-6(12)10(13)7(4-5)15-9-2-1-8(14)16-17-9/h1-4H,(H2,14,16)(H,15,17). The Hall–Kier alpha value is -2.31. The van der Waals surface area contributed by atoms with Crippen LogP contribution >= 0.6 is 0 Å². The smallest absolute Gasteiger partial charge is 0.182 e. The Bertz CT molecular complexity index is 542. The molecule has 0 aliphatic carbocycles. The molecule has 0 aliphatic rings. The predicted octanol–water partition coefficient (Wildman–Crippen LogP) is 2.22. The van der Waals surface area contributed by atoms with Gasteiger partial charge in [0.25, 0.3) is 0 Å². The number of nitrogens with one attached hydrogen (secondary N) is 1. The highest BCUT2D eigenvalue weighted by Gasteiger charge is 2.11. The van der Waals surface area contributed by atoms with Crippen LogP contribution in [0.25, 0.3) is 0 Å². The van der Waals surface area contributed by atoms with Gasteiger partial charge in [0.2, 0.25) is 0 Å². The lowest BCUT2D eigenvalue weighted by atomic mass is 10.3. The van der Waals surface area contributed by atoms with Crippen molar-refractivity contribution in [2.24, 2.45) is 0 Å². The summed E-state index contributed by atoms with van der Waals surface area (Å²) in [6, 6.07) is 4.10. The Balaban J connectivity index is 2.32. The Morgan fingerprint density at radius 2 is 1.82 bits per heavy atom. The van der Waals surface area contributed by atoms with Crippen LogP contribution in [0.15, 0.2) is 24.3 Å². The number of halogens is 3. The van der Waals surface area contributed by atoms with Crippen LogP contribution in [0.3, 0.4) is 0 Å². The lowest BCUT2D eigenvalue weighted by molar-refractivity contribution is 0.498. The van der Waals surface area contributed by atoms with E-state index in [1.54, 1.807) is 0 Å². The van der Waals surface area contributed by atoms with Crippen molar-refractivity contribution in [3.05, 3.63) is 41.7 Å². The zero-order valence-corrected chi connectivity index (χ0v) is 8.42. The van der Waals surface area contributed by atoms with Crippen LogP contribution in [-0.4, -0.2) is 10.2 Å². The second-order valence-corrected chi connectivity index (χ2v) is 3.22. The highest BCUT2D eigenvalue weighted by Crippen LogP contribution is 2.22. The van der Waals surface area contributed by atoms with Gasteiger partial charge in [0.15, 0.2) is 17.5 Å². The fourth-order valence-electron chi connectivity index (χ4n) is 1.19. The molecule has 0 radical (unpaired) electrons. The van der Waals surface area contributed by atoms with Crippen molar-refractivity contribution >= 4 is 17.3 Å². The summed E-state index contributed by atoms with van der Waals surface area (Å²) in [5.41, 5.74) is 4.94. The molecule has 17 heavy (non-hydrogen) atoms. The Labute approximate surface area is 94.3 Å². The van der Waals surface area contributed by atoms with E-state index in [4.69, 9.17) is 5.73 Å². The zero-order chi connectivity index (χ0) is 12.4. The summed E-state index contributed by atoms with van der Waals surface area (Å²) in [6.07, 6.45) is 0. The summed E-state index contributed by atoms with van der Waals surface area (Å²) in [5, 5.41) is 9.48. The summed E-state index contributed by atoms with van der Waals surface area (Å²) < 4.78 is 39.0. The van der Waals surface area contributed by atoms with Crippen LogP contribution in [0.5, 0.6) is 0 Å². The molecule has 0 atom stereocenters. The summed E-state index contributed by atoms with van der Waals surface area (Å²) in [4.78, 5) is 0. The number of hydrogen-bond donors (Lipinski definition) is 2. The van der Waals surface area contributed by atoms with E-state index in [1.165, 1.54) is 12.1 Å². The molecule has 1 heterocycles. The Morgan fingerprint density at radius 1 is 1.06 bits per heavy atom. The number of anilines is 3. The van der Waals surface area contributed by atoms with Crippen LogP contribution < -0.4 is 11.1 Å². The first-order valence-electron chi connectivity index (χ1n) is 4.57. The largest absolute Gasteiger partial charge is 0.382 e. The zero-order valence-electron chi connectivity index (χ0n) is 8.42. The molecule has 3 N–H and O–H groups in total. The molecular weight excluding hydrogens is 233 g/mol. The topological polar surface area (TPSA) is 63.8 Å². The highest BCUT2D eigenvalue weighted by molar-refractivity contribution is 5.57. The Morgan fingerprint density at radius 3 is 2.47 bits per heavy atom. The molecule has 7 heteroatoms. The molecule has 0 spiro atoms. The van der Waals surface area contributed by atoms with Gasteiger partial charge in [-0.2, -0.15) is 0 Å². The van der Waals surface area contributed by atoms with Gasteiger partial charge in [0, 0.05) is 12.1 Å². The summed E-state index contributed by atoms with van der Waals surface area (Å²) in [5.74, 6) is -3.06. The van der Waals surface area contributed by atoms with Crippen LogP contribution in [0.4, 0.5) is 30.5 Å². The van der Waals surface area contributed by atoms with Crippen molar-refractivity contribution in [2.75, 3.05) is 11.1 Å². The van der Waals surface area contributed by atoms with Gasteiger partial charge in [-0.25, -0.2) is 13.2 Å². The van der Waals surface area contributed by atoms with E-state index in [2.05, 4.69) is 15.5 Å². The third-order valence-electron chi connectivity index (χ3n) is 1.94. The van der Waals surface area contributed by atoms with Gasteiger partial charge in [-0.1, -0.05) is 0 Å². The van der Waals surface area contributed by atoms with Crippen LogP contribution in [0.1, 0.15) is 0 Å². The van der Waals surface area contributed by atoms with Crippen LogP contribution in [0.2, 0.25) is 0 Å². The molecule has 0 unspecified atom stereocenters. The van der Waals surface area contributed by atoms with Crippen molar-refractivity contribution in [3.63, 3.8) is 0 Å². The molecule has 0 saturated carbocycles. The second-order valence-electron chi connectivity index (χ2n) is 3.22. The third-order valence-corrected chi connectivity index (χ3v) is 1.94. The molecule has 88 valence electrons. The summed E-state index contributed by atoms with van der Waals surface area (Å²) >= 11 is 0. The Kier molecular flexibility index (Phi) is 2.82. The maximum absolute atomic E-state index is 13.3. The van der Waals surface area contributed by atoms with Crippen molar-refractivity contribution in [1.29, 1.82) is 0 Å². The summed E-state index contributed by atoms with van der Waals surface area (Å²) in [7, 11) is 0. The highest BCUT2D eigenvalue weighted by atomic mass is 19.2. The average Bonchev–Trinajstić information content (AvgIpc) is 2.28. The number of benzene rings is 1. The summed E-state index contributed by atoms with van der Waals surface area (Å²) in [6.45, 7) is 0. The molecule has 4 nitrogen and oxygen atoms in total. The van der Waals surface area contributed by atoms with Crippen molar-refractivity contribution in [2.45, 2.75) is 0 Å². The van der Waals surface area contributed by atoms with Gasteiger partial charge < -0.3 is 11.1 Å². The van der Waals surface area contributed by atoms with E-state index in [1.807, 2.05) is 0 Å². The average molecular weight is 240 g/mol. The number of aromatic nitrogens is 2. The first-order chi connectivity index (χ1) is 8.06. The van der Waals surface area contributed by atoms with E-state index in [-0.39, 0.29) is 17.3 Å². The SMILES string of the molecule is Nc1ccc(Nc2cc(F)cc(F)c2F)nn1. The normalized spacial score (nSPS) is 10.3. The van der Waals surface area contributed by atoms with Crippen LogP contribution in [-0.2, 0) is 0 Å². The first kappa shape index (κ1) is 11.2. The maximum Gasteiger partial charge on any atom is 0.182 e. The van der Waals surface area contributed by atoms with E-state index in [0.29, 0.717) is 6.07 Å². The predicted molar refractivity (Wildman–Crippen MR) is 56.0 cm³/mol. The fraction of sp³-hybridized carbons (Fsp3) is 0. The molecule has 0 bridgehead atoms. The number of rotatable bonds is 2. The van der Waals surface area contributed by atoms with Crippen LogP contribution in [0, 0.1) is 17.5 Å². The molecule has 0 saturated heterocycles. The second kappa shape index (κ2) is 4.28. The molecule has 0 aliphatic heterocycles. The number of hydrogen-bond acceptors (Lipinski definition) is 4. The van der Waals surface area contributed by atoms with Gasteiger partial charge in [-0.15, -0.1) is 10.2 Å². The minimum atomic E-state index is -1.28. The van der Waals surface area contributed by atoms with E-state index >= 15 is 0 Å².